The molecule has 1 aliphatic heterocycles. The number of rotatable bonds is 3. The second-order valence-corrected chi connectivity index (χ2v) is 6.14. The normalized spacial score (nSPS) is 18.6. The molecule has 1 aliphatic rings. The van der Waals surface area contributed by atoms with Crippen LogP contribution in [0.1, 0.15) is 50.9 Å². The Hall–Kier alpha value is -1.36. The first kappa shape index (κ1) is 15.0. The van der Waals surface area contributed by atoms with E-state index in [1.165, 1.54) is 0 Å². The zero-order valence-electron chi connectivity index (χ0n) is 12.9. The van der Waals surface area contributed by atoms with Gasteiger partial charge in [-0.2, -0.15) is 0 Å². The molecule has 0 amide bonds. The molecule has 0 spiro atoms. The number of hydrogen-bond acceptors (Lipinski definition) is 5. The van der Waals surface area contributed by atoms with Gasteiger partial charge in [0.05, 0.1) is 6.10 Å². The summed E-state index contributed by atoms with van der Waals surface area (Å²) in [5.41, 5.74) is 6.99. The van der Waals surface area contributed by atoms with Crippen molar-refractivity contribution in [2.24, 2.45) is 5.92 Å². The van der Waals surface area contributed by atoms with Crippen molar-refractivity contribution in [2.75, 3.05) is 23.7 Å². The van der Waals surface area contributed by atoms with Crippen molar-refractivity contribution in [3.63, 3.8) is 0 Å². The number of piperidine rings is 1. The van der Waals surface area contributed by atoms with Crippen molar-refractivity contribution in [3.8, 4) is 0 Å². The Morgan fingerprint density at radius 2 is 1.80 bits per heavy atom. The molecule has 3 N–H and O–H groups in total. The van der Waals surface area contributed by atoms with E-state index >= 15 is 0 Å². The molecule has 2 heterocycles. The minimum atomic E-state index is -0.222. The molecule has 5 heteroatoms. The van der Waals surface area contributed by atoms with Gasteiger partial charge in [-0.15, -0.1) is 0 Å². The molecule has 1 fully saturated rings. The van der Waals surface area contributed by atoms with E-state index in [4.69, 9.17) is 10.7 Å². The second-order valence-electron chi connectivity index (χ2n) is 6.14. The summed E-state index contributed by atoms with van der Waals surface area (Å²) in [5.74, 6) is 3.02. The van der Waals surface area contributed by atoms with E-state index in [2.05, 4.69) is 23.7 Å². The summed E-state index contributed by atoms with van der Waals surface area (Å²) in [7, 11) is 0. The number of nitrogens with two attached hydrogens (primary N) is 1. The van der Waals surface area contributed by atoms with Crippen molar-refractivity contribution in [1.82, 2.24) is 9.97 Å². The van der Waals surface area contributed by atoms with Crippen molar-refractivity contribution < 1.29 is 5.11 Å². The summed E-state index contributed by atoms with van der Waals surface area (Å²) < 4.78 is 0. The number of aliphatic hydroxyl groups excluding tert-OH is 1. The lowest BCUT2D eigenvalue weighted by molar-refractivity contribution is 0.109. The van der Waals surface area contributed by atoms with Gasteiger partial charge < -0.3 is 15.7 Å². The molecule has 2 rings (SSSR count). The van der Waals surface area contributed by atoms with Gasteiger partial charge in [-0.05, 0) is 32.6 Å². The zero-order chi connectivity index (χ0) is 14.9. The largest absolute Gasteiger partial charge is 0.393 e. The molecule has 5 nitrogen and oxygen atoms in total. The average Bonchev–Trinajstić information content (AvgIpc) is 2.41. The van der Waals surface area contributed by atoms with Crippen molar-refractivity contribution in [3.05, 3.63) is 11.4 Å². The van der Waals surface area contributed by atoms with E-state index in [0.717, 1.165) is 43.1 Å². The molecule has 0 saturated carbocycles. The lowest BCUT2D eigenvalue weighted by Gasteiger charge is -2.35. The fraction of sp³-hybridized carbons (Fsp3) is 0.733. The Kier molecular flexibility index (Phi) is 4.48. The predicted molar refractivity (Wildman–Crippen MR) is 81.9 cm³/mol. The monoisotopic (exact) mass is 278 g/mol. The van der Waals surface area contributed by atoms with Crippen LogP contribution in [0, 0.1) is 12.8 Å². The van der Waals surface area contributed by atoms with Gasteiger partial charge in [0.1, 0.15) is 17.5 Å². The van der Waals surface area contributed by atoms with Crippen LogP contribution in [0.5, 0.6) is 0 Å². The molecule has 112 valence electrons. The fourth-order valence-electron chi connectivity index (χ4n) is 2.70. The molecule has 1 aromatic heterocycles. The highest BCUT2D eigenvalue weighted by Gasteiger charge is 2.25. The van der Waals surface area contributed by atoms with Crippen LogP contribution in [0.25, 0.3) is 0 Å². The number of nitrogens with zero attached hydrogens (tertiary/aromatic N) is 3. The highest BCUT2D eigenvalue weighted by atomic mass is 16.3. The Balaban J connectivity index is 2.21. The molecular formula is C15H26N4O. The van der Waals surface area contributed by atoms with Gasteiger partial charge in [0, 0.05) is 24.6 Å². The molecule has 1 unspecified atom stereocenters. The quantitative estimate of drug-likeness (QED) is 0.885. The van der Waals surface area contributed by atoms with Crippen LogP contribution in [-0.4, -0.2) is 34.3 Å². The third kappa shape index (κ3) is 3.03. The van der Waals surface area contributed by atoms with Crippen LogP contribution in [0.4, 0.5) is 11.6 Å². The summed E-state index contributed by atoms with van der Waals surface area (Å²) >= 11 is 0. The van der Waals surface area contributed by atoms with Gasteiger partial charge in [-0.25, -0.2) is 9.97 Å². The average molecular weight is 278 g/mol. The van der Waals surface area contributed by atoms with Gasteiger partial charge in [0.25, 0.3) is 0 Å². The van der Waals surface area contributed by atoms with E-state index in [-0.39, 0.29) is 12.0 Å². The van der Waals surface area contributed by atoms with Gasteiger partial charge in [0.2, 0.25) is 0 Å². The number of anilines is 2. The van der Waals surface area contributed by atoms with E-state index < -0.39 is 0 Å². The SMILES string of the molecule is Cc1c(N)nc(C(C)C)nc1N1CCC(C(C)O)CC1. The van der Waals surface area contributed by atoms with Gasteiger partial charge in [0.15, 0.2) is 0 Å². The maximum atomic E-state index is 9.69. The van der Waals surface area contributed by atoms with Gasteiger partial charge >= 0.3 is 0 Å². The standard InChI is InChI=1S/C15H26N4O/c1-9(2)14-17-13(16)10(3)15(18-14)19-7-5-12(6-8-19)11(4)20/h9,11-12,20H,5-8H2,1-4H3,(H2,16,17,18). The predicted octanol–water partition coefficient (Wildman–Crippen LogP) is 2.09. The van der Waals surface area contributed by atoms with Crippen molar-refractivity contribution in [2.45, 2.75) is 52.6 Å². The van der Waals surface area contributed by atoms with E-state index in [1.807, 2.05) is 13.8 Å². The summed E-state index contributed by atoms with van der Waals surface area (Å²) in [6, 6.07) is 0. The third-order valence-corrected chi connectivity index (χ3v) is 4.21. The number of aromatic nitrogens is 2. The third-order valence-electron chi connectivity index (χ3n) is 4.21. The smallest absolute Gasteiger partial charge is 0.137 e. The lowest BCUT2D eigenvalue weighted by atomic mass is 9.92. The van der Waals surface area contributed by atoms with Crippen LogP contribution in [0.15, 0.2) is 0 Å². The summed E-state index contributed by atoms with van der Waals surface area (Å²) in [6.45, 7) is 9.86. The first-order chi connectivity index (χ1) is 9.40. The summed E-state index contributed by atoms with van der Waals surface area (Å²) in [5, 5.41) is 9.69. The van der Waals surface area contributed by atoms with Gasteiger partial charge in [-0.1, -0.05) is 13.8 Å². The van der Waals surface area contributed by atoms with Crippen LogP contribution in [0.2, 0.25) is 0 Å². The molecule has 0 aliphatic carbocycles. The Morgan fingerprint density at radius 1 is 1.20 bits per heavy atom. The fourth-order valence-corrected chi connectivity index (χ4v) is 2.70. The Bertz CT molecular complexity index is 465. The Morgan fingerprint density at radius 3 is 2.30 bits per heavy atom. The highest BCUT2D eigenvalue weighted by molar-refractivity contribution is 5.56. The topological polar surface area (TPSA) is 75.3 Å². The summed E-state index contributed by atoms with van der Waals surface area (Å²) in [6.07, 6.45) is 1.77. The van der Waals surface area contributed by atoms with E-state index in [9.17, 15) is 5.11 Å². The molecule has 0 aromatic carbocycles. The van der Waals surface area contributed by atoms with Crippen LogP contribution >= 0.6 is 0 Å². The first-order valence-corrected chi connectivity index (χ1v) is 7.47. The molecule has 20 heavy (non-hydrogen) atoms. The van der Waals surface area contributed by atoms with Crippen LogP contribution in [-0.2, 0) is 0 Å². The minimum Gasteiger partial charge on any atom is -0.393 e. The molecule has 1 atom stereocenters. The first-order valence-electron chi connectivity index (χ1n) is 7.47. The molecule has 1 saturated heterocycles. The van der Waals surface area contributed by atoms with Crippen molar-refractivity contribution in [1.29, 1.82) is 0 Å². The molecule has 0 radical (unpaired) electrons. The maximum Gasteiger partial charge on any atom is 0.137 e. The zero-order valence-corrected chi connectivity index (χ0v) is 12.9. The van der Waals surface area contributed by atoms with E-state index in [1.54, 1.807) is 0 Å². The number of aliphatic hydroxyl groups is 1. The van der Waals surface area contributed by atoms with Crippen LogP contribution < -0.4 is 10.6 Å². The molecule has 1 aromatic rings. The Labute approximate surface area is 121 Å². The van der Waals surface area contributed by atoms with Gasteiger partial charge in [-0.3, -0.25) is 0 Å². The number of nitrogen functional groups attached to an aromatic ring is 1. The van der Waals surface area contributed by atoms with E-state index in [0.29, 0.717) is 11.7 Å². The van der Waals surface area contributed by atoms with Crippen LogP contribution in [0.3, 0.4) is 0 Å². The maximum absolute atomic E-state index is 9.69. The van der Waals surface area contributed by atoms with Crippen molar-refractivity contribution >= 4 is 11.6 Å². The number of hydrogen-bond donors (Lipinski definition) is 2. The molecular weight excluding hydrogens is 252 g/mol. The highest BCUT2D eigenvalue weighted by Crippen LogP contribution is 2.29. The minimum absolute atomic E-state index is 0.222. The lowest BCUT2D eigenvalue weighted by Crippen LogP contribution is -2.38. The summed E-state index contributed by atoms with van der Waals surface area (Å²) in [4.78, 5) is 11.3. The molecule has 0 bridgehead atoms. The second kappa shape index (κ2) is 5.95.